The van der Waals surface area contributed by atoms with Crippen LogP contribution in [0.2, 0.25) is 0 Å². The zero-order valence-electron chi connectivity index (χ0n) is 10.3. The van der Waals surface area contributed by atoms with E-state index in [2.05, 4.69) is 0 Å². The molecule has 0 aromatic carbocycles. The number of hydrogen-bond acceptors (Lipinski definition) is 5. The molecule has 2 aliphatic heterocycles. The van der Waals surface area contributed by atoms with Crippen LogP contribution in [0.5, 0.6) is 0 Å². The third-order valence-corrected chi connectivity index (χ3v) is 4.15. The molecule has 0 amide bonds. The Labute approximate surface area is 106 Å². The number of piperidine rings is 1. The van der Waals surface area contributed by atoms with Gasteiger partial charge in [-0.2, -0.15) is 0 Å². The van der Waals surface area contributed by atoms with E-state index in [9.17, 15) is 20.1 Å². The summed E-state index contributed by atoms with van der Waals surface area (Å²) >= 11 is 0. The van der Waals surface area contributed by atoms with E-state index in [1.165, 1.54) is 0 Å². The van der Waals surface area contributed by atoms with Crippen LogP contribution in [0.4, 0.5) is 0 Å². The van der Waals surface area contributed by atoms with Crippen LogP contribution in [-0.4, -0.2) is 68.7 Å². The summed E-state index contributed by atoms with van der Waals surface area (Å²) in [7, 11) is 0. The minimum Gasteiger partial charge on any atom is -0.481 e. The fourth-order valence-corrected chi connectivity index (χ4v) is 3.19. The quantitative estimate of drug-likeness (QED) is 0.518. The third kappa shape index (κ3) is 2.66. The van der Waals surface area contributed by atoms with Crippen molar-refractivity contribution in [1.29, 1.82) is 0 Å². The highest BCUT2D eigenvalue weighted by atomic mass is 16.4. The average molecular weight is 259 g/mol. The van der Waals surface area contributed by atoms with E-state index in [4.69, 9.17) is 5.11 Å². The number of nitrogens with zero attached hydrogens (tertiary/aromatic N) is 1. The van der Waals surface area contributed by atoms with Crippen molar-refractivity contribution in [3.63, 3.8) is 0 Å². The van der Waals surface area contributed by atoms with Crippen molar-refractivity contribution in [2.45, 2.75) is 50.0 Å². The number of fused-ring (bicyclic) bond motifs is 1. The largest absolute Gasteiger partial charge is 0.481 e. The highest BCUT2D eigenvalue weighted by Crippen LogP contribution is 2.32. The Bertz CT molecular complexity index is 311. The van der Waals surface area contributed by atoms with Gasteiger partial charge in [0.05, 0.1) is 24.4 Å². The second-order valence-corrected chi connectivity index (χ2v) is 5.37. The van der Waals surface area contributed by atoms with E-state index in [0.717, 1.165) is 6.54 Å². The highest BCUT2D eigenvalue weighted by molar-refractivity contribution is 5.66. The zero-order chi connectivity index (χ0) is 13.3. The number of aliphatic carboxylic acids is 1. The molecule has 6 nitrogen and oxygen atoms in total. The summed E-state index contributed by atoms with van der Waals surface area (Å²) in [5.41, 5.74) is 0. The molecule has 0 radical (unpaired) electrons. The highest BCUT2D eigenvalue weighted by Gasteiger charge is 2.47. The molecule has 2 rings (SSSR count). The molecule has 0 aromatic rings. The molecule has 18 heavy (non-hydrogen) atoms. The van der Waals surface area contributed by atoms with Crippen molar-refractivity contribution in [2.24, 2.45) is 5.92 Å². The predicted octanol–water partition coefficient (Wildman–Crippen LogP) is -0.972. The molecule has 0 spiro atoms. The van der Waals surface area contributed by atoms with Gasteiger partial charge in [-0.05, 0) is 19.3 Å². The van der Waals surface area contributed by atoms with Crippen molar-refractivity contribution >= 4 is 5.97 Å². The molecule has 0 saturated carbocycles. The minimum absolute atomic E-state index is 0.0887. The van der Waals surface area contributed by atoms with E-state index < -0.39 is 24.3 Å². The molecule has 0 aliphatic carbocycles. The van der Waals surface area contributed by atoms with Crippen molar-refractivity contribution in [3.05, 3.63) is 0 Å². The average Bonchev–Trinajstić information content (AvgIpc) is 2.66. The standard InChI is InChI=1S/C12H21NO5/c14-8-4-5-13-6-7(2-1-3-9(15)16)11(17)12(18)10(8)13/h7-8,10-12,14,17-18H,1-6H2,(H,15,16)/t7-,8-,10?,11-,12+/m0/s1. The molecule has 2 saturated heterocycles. The molecule has 2 fully saturated rings. The normalized spacial score (nSPS) is 40.7. The Morgan fingerprint density at radius 3 is 2.61 bits per heavy atom. The van der Waals surface area contributed by atoms with Crippen molar-refractivity contribution in [1.82, 2.24) is 4.90 Å². The van der Waals surface area contributed by atoms with Gasteiger partial charge in [-0.15, -0.1) is 0 Å². The van der Waals surface area contributed by atoms with E-state index in [-0.39, 0.29) is 18.4 Å². The lowest BCUT2D eigenvalue weighted by atomic mass is 9.84. The van der Waals surface area contributed by atoms with Crippen LogP contribution in [0.3, 0.4) is 0 Å². The van der Waals surface area contributed by atoms with Gasteiger partial charge in [-0.1, -0.05) is 0 Å². The van der Waals surface area contributed by atoms with Gasteiger partial charge in [-0.3, -0.25) is 9.69 Å². The van der Waals surface area contributed by atoms with Crippen molar-refractivity contribution in [2.75, 3.05) is 13.1 Å². The summed E-state index contributed by atoms with van der Waals surface area (Å²) in [4.78, 5) is 12.5. The number of aliphatic hydroxyl groups excluding tert-OH is 3. The Morgan fingerprint density at radius 2 is 1.94 bits per heavy atom. The van der Waals surface area contributed by atoms with Crippen LogP contribution in [-0.2, 0) is 4.79 Å². The molecular weight excluding hydrogens is 238 g/mol. The summed E-state index contributed by atoms with van der Waals surface area (Å²) < 4.78 is 0. The lowest BCUT2D eigenvalue weighted by Gasteiger charge is -2.43. The lowest BCUT2D eigenvalue weighted by molar-refractivity contribution is -0.137. The molecule has 0 bridgehead atoms. The molecule has 5 atom stereocenters. The third-order valence-electron chi connectivity index (χ3n) is 4.15. The summed E-state index contributed by atoms with van der Waals surface area (Å²) in [6.45, 7) is 1.35. The fraction of sp³-hybridized carbons (Fsp3) is 0.917. The van der Waals surface area contributed by atoms with E-state index >= 15 is 0 Å². The molecule has 4 N–H and O–H groups in total. The maximum atomic E-state index is 10.5. The second kappa shape index (κ2) is 5.52. The number of carbonyl (C=O) groups is 1. The van der Waals surface area contributed by atoms with Gasteiger partial charge in [0, 0.05) is 25.4 Å². The van der Waals surface area contributed by atoms with Crippen molar-refractivity contribution < 1.29 is 25.2 Å². The number of aliphatic hydroxyl groups is 3. The van der Waals surface area contributed by atoms with Gasteiger partial charge < -0.3 is 20.4 Å². The molecule has 2 aliphatic rings. The number of hydrogen-bond donors (Lipinski definition) is 4. The van der Waals surface area contributed by atoms with Gasteiger partial charge in [0.25, 0.3) is 0 Å². The number of carboxylic acids is 1. The van der Waals surface area contributed by atoms with Crippen LogP contribution in [0.25, 0.3) is 0 Å². The molecule has 104 valence electrons. The first kappa shape index (κ1) is 13.7. The monoisotopic (exact) mass is 259 g/mol. The Kier molecular flexibility index (Phi) is 4.21. The van der Waals surface area contributed by atoms with Crippen molar-refractivity contribution in [3.8, 4) is 0 Å². The topological polar surface area (TPSA) is 101 Å². The van der Waals surface area contributed by atoms with Gasteiger partial charge in [0.1, 0.15) is 0 Å². The smallest absolute Gasteiger partial charge is 0.303 e. The summed E-state index contributed by atoms with van der Waals surface area (Å²) in [5, 5.41) is 38.4. The summed E-state index contributed by atoms with van der Waals surface area (Å²) in [6, 6.07) is -0.365. The zero-order valence-corrected chi connectivity index (χ0v) is 10.3. The number of carboxylic acid groups (broad SMARTS) is 1. The molecule has 6 heteroatoms. The second-order valence-electron chi connectivity index (χ2n) is 5.37. The summed E-state index contributed by atoms with van der Waals surface area (Å²) in [5.74, 6) is -0.948. The van der Waals surface area contributed by atoms with Gasteiger partial charge >= 0.3 is 5.97 Å². The SMILES string of the molecule is O=C(O)CCC[C@H]1CN2CC[C@H](O)C2[C@@H](O)[C@H]1O. The molecule has 0 aromatic heterocycles. The lowest BCUT2D eigenvalue weighted by Crippen LogP contribution is -2.59. The number of rotatable bonds is 4. The van der Waals surface area contributed by atoms with E-state index in [1.807, 2.05) is 4.90 Å². The Hall–Kier alpha value is -0.690. The van der Waals surface area contributed by atoms with E-state index in [1.54, 1.807) is 0 Å². The first-order chi connectivity index (χ1) is 8.50. The minimum atomic E-state index is -0.939. The van der Waals surface area contributed by atoms with Crippen LogP contribution in [0.15, 0.2) is 0 Å². The van der Waals surface area contributed by atoms with Crippen LogP contribution < -0.4 is 0 Å². The van der Waals surface area contributed by atoms with Crippen LogP contribution >= 0.6 is 0 Å². The molecular formula is C12H21NO5. The maximum Gasteiger partial charge on any atom is 0.303 e. The predicted molar refractivity (Wildman–Crippen MR) is 63.0 cm³/mol. The van der Waals surface area contributed by atoms with Gasteiger partial charge in [0.2, 0.25) is 0 Å². The van der Waals surface area contributed by atoms with Gasteiger partial charge in [0.15, 0.2) is 0 Å². The van der Waals surface area contributed by atoms with Crippen LogP contribution in [0, 0.1) is 5.92 Å². The van der Waals surface area contributed by atoms with Crippen LogP contribution in [0.1, 0.15) is 25.7 Å². The maximum absolute atomic E-state index is 10.5. The molecule has 2 heterocycles. The first-order valence-corrected chi connectivity index (χ1v) is 6.50. The van der Waals surface area contributed by atoms with Gasteiger partial charge in [-0.25, -0.2) is 0 Å². The Balaban J connectivity index is 1.91. The fourth-order valence-electron chi connectivity index (χ4n) is 3.19. The summed E-state index contributed by atoms with van der Waals surface area (Å²) in [6.07, 6.45) is -0.579. The first-order valence-electron chi connectivity index (χ1n) is 6.50. The Morgan fingerprint density at radius 1 is 1.22 bits per heavy atom. The van der Waals surface area contributed by atoms with E-state index in [0.29, 0.717) is 25.8 Å². The molecule has 1 unspecified atom stereocenters.